The van der Waals surface area contributed by atoms with Crippen molar-refractivity contribution in [3.63, 3.8) is 0 Å². The molecule has 0 heterocycles. The largest absolute Gasteiger partial charge is 0.456 e. The van der Waals surface area contributed by atoms with Crippen molar-refractivity contribution in [1.29, 1.82) is 0 Å². The molecule has 0 fully saturated rings. The molecule has 0 aromatic heterocycles. The summed E-state index contributed by atoms with van der Waals surface area (Å²) in [7, 11) is 0. The van der Waals surface area contributed by atoms with Crippen molar-refractivity contribution < 1.29 is 14.6 Å². The van der Waals surface area contributed by atoms with Crippen molar-refractivity contribution in [3.8, 4) is 0 Å². The van der Waals surface area contributed by atoms with Crippen molar-refractivity contribution in [2.75, 3.05) is 6.61 Å². The van der Waals surface area contributed by atoms with Gasteiger partial charge in [0.1, 0.15) is 5.60 Å². The minimum atomic E-state index is -0.472. The van der Waals surface area contributed by atoms with Crippen LogP contribution in [0.25, 0.3) is 0 Å². The number of rotatable bonds is 4. The van der Waals surface area contributed by atoms with Crippen LogP contribution in [-0.2, 0) is 4.74 Å². The predicted octanol–water partition coefficient (Wildman–Crippen LogP) is 3.13. The van der Waals surface area contributed by atoms with E-state index in [0.717, 1.165) is 12.0 Å². The molecular weight excluding hydrogens is 228 g/mol. The molecule has 1 aromatic rings. The third-order valence-electron chi connectivity index (χ3n) is 2.68. The maximum absolute atomic E-state index is 11.8. The Hall–Kier alpha value is -1.35. The van der Waals surface area contributed by atoms with Crippen LogP contribution in [0.2, 0.25) is 0 Å². The highest BCUT2D eigenvalue weighted by molar-refractivity contribution is 5.89. The summed E-state index contributed by atoms with van der Waals surface area (Å²) in [6.45, 7) is 7.78. The molecular formula is C15H22O3. The molecule has 18 heavy (non-hydrogen) atoms. The summed E-state index contributed by atoms with van der Waals surface area (Å²) in [4.78, 5) is 11.8. The van der Waals surface area contributed by atoms with Gasteiger partial charge in [0.05, 0.1) is 5.56 Å². The summed E-state index contributed by atoms with van der Waals surface area (Å²) < 4.78 is 5.29. The SMILES string of the molecule is C[C@H](CCO)c1ccc(C(=O)OC(C)(C)C)cc1. The highest BCUT2D eigenvalue weighted by Gasteiger charge is 2.17. The van der Waals surface area contributed by atoms with Gasteiger partial charge in [0.25, 0.3) is 0 Å². The normalized spacial score (nSPS) is 13.2. The first-order valence-corrected chi connectivity index (χ1v) is 6.27. The quantitative estimate of drug-likeness (QED) is 0.835. The van der Waals surface area contributed by atoms with E-state index in [-0.39, 0.29) is 12.6 Å². The van der Waals surface area contributed by atoms with Crippen molar-refractivity contribution in [2.45, 2.75) is 45.6 Å². The molecule has 0 saturated carbocycles. The van der Waals surface area contributed by atoms with E-state index in [9.17, 15) is 4.79 Å². The second kappa shape index (κ2) is 6.01. The molecule has 3 nitrogen and oxygen atoms in total. The van der Waals surface area contributed by atoms with Gasteiger partial charge >= 0.3 is 5.97 Å². The molecule has 1 atom stereocenters. The smallest absolute Gasteiger partial charge is 0.338 e. The van der Waals surface area contributed by atoms with E-state index in [0.29, 0.717) is 11.5 Å². The third-order valence-corrected chi connectivity index (χ3v) is 2.68. The fourth-order valence-corrected chi connectivity index (χ4v) is 1.65. The maximum Gasteiger partial charge on any atom is 0.338 e. The van der Waals surface area contributed by atoms with Gasteiger partial charge in [-0.25, -0.2) is 4.79 Å². The number of aliphatic hydroxyl groups excluding tert-OH is 1. The molecule has 1 rings (SSSR count). The first kappa shape index (κ1) is 14.7. The minimum absolute atomic E-state index is 0.176. The molecule has 100 valence electrons. The molecule has 0 radical (unpaired) electrons. The highest BCUT2D eigenvalue weighted by Crippen LogP contribution is 2.20. The maximum atomic E-state index is 11.8. The van der Waals surface area contributed by atoms with E-state index in [1.54, 1.807) is 12.1 Å². The lowest BCUT2D eigenvalue weighted by molar-refractivity contribution is 0.00695. The van der Waals surface area contributed by atoms with Crippen LogP contribution in [0.15, 0.2) is 24.3 Å². The molecule has 0 aliphatic rings. The Kier molecular flexibility index (Phi) is 4.91. The molecule has 0 unspecified atom stereocenters. The molecule has 0 amide bonds. The second-order valence-corrected chi connectivity index (χ2v) is 5.54. The van der Waals surface area contributed by atoms with Crippen LogP contribution in [-0.4, -0.2) is 23.3 Å². The van der Waals surface area contributed by atoms with Crippen LogP contribution in [0.4, 0.5) is 0 Å². The molecule has 0 aliphatic heterocycles. The fraction of sp³-hybridized carbons (Fsp3) is 0.533. The molecule has 0 spiro atoms. The number of hydrogen-bond acceptors (Lipinski definition) is 3. The zero-order valence-corrected chi connectivity index (χ0v) is 11.6. The predicted molar refractivity (Wildman–Crippen MR) is 71.7 cm³/mol. The summed E-state index contributed by atoms with van der Waals surface area (Å²) in [6.07, 6.45) is 0.728. The Balaban J connectivity index is 2.74. The Bertz CT molecular complexity index is 387. The number of aliphatic hydroxyl groups is 1. The van der Waals surface area contributed by atoms with Crippen LogP contribution in [0, 0.1) is 0 Å². The van der Waals surface area contributed by atoms with Gasteiger partial charge in [-0.1, -0.05) is 19.1 Å². The number of carbonyl (C=O) groups excluding carboxylic acids is 1. The van der Waals surface area contributed by atoms with Crippen LogP contribution < -0.4 is 0 Å². The molecule has 0 bridgehead atoms. The first-order valence-electron chi connectivity index (χ1n) is 6.27. The number of esters is 1. The number of hydrogen-bond donors (Lipinski definition) is 1. The topological polar surface area (TPSA) is 46.5 Å². The first-order chi connectivity index (χ1) is 8.33. The van der Waals surface area contributed by atoms with E-state index in [1.807, 2.05) is 32.9 Å². The molecule has 0 aliphatic carbocycles. The molecule has 1 aromatic carbocycles. The lowest BCUT2D eigenvalue weighted by atomic mass is 9.97. The lowest BCUT2D eigenvalue weighted by Gasteiger charge is -2.19. The van der Waals surface area contributed by atoms with Gasteiger partial charge in [-0.15, -0.1) is 0 Å². The van der Waals surface area contributed by atoms with Gasteiger partial charge in [0.2, 0.25) is 0 Å². The standard InChI is InChI=1S/C15H22O3/c1-11(9-10-16)12-5-7-13(8-6-12)14(17)18-15(2,3)4/h5-8,11,16H,9-10H2,1-4H3/t11-/m1/s1. The van der Waals surface area contributed by atoms with Gasteiger partial charge in [-0.3, -0.25) is 0 Å². The summed E-state index contributed by atoms with van der Waals surface area (Å²) in [5, 5.41) is 8.89. The average molecular weight is 250 g/mol. The van der Waals surface area contributed by atoms with Gasteiger partial charge in [0.15, 0.2) is 0 Å². The average Bonchev–Trinajstić information content (AvgIpc) is 2.27. The van der Waals surface area contributed by atoms with Crippen molar-refractivity contribution >= 4 is 5.97 Å². The van der Waals surface area contributed by atoms with Crippen LogP contribution >= 0.6 is 0 Å². The zero-order chi connectivity index (χ0) is 13.8. The molecule has 1 N–H and O–H groups in total. The molecule has 0 saturated heterocycles. The minimum Gasteiger partial charge on any atom is -0.456 e. The van der Waals surface area contributed by atoms with E-state index in [2.05, 4.69) is 6.92 Å². The number of carbonyl (C=O) groups is 1. The van der Waals surface area contributed by atoms with E-state index in [4.69, 9.17) is 9.84 Å². The summed E-state index contributed by atoms with van der Waals surface area (Å²) in [5.74, 6) is -0.00783. The Morgan fingerprint density at radius 3 is 2.28 bits per heavy atom. The molecule has 3 heteroatoms. The van der Waals surface area contributed by atoms with Crippen LogP contribution in [0.1, 0.15) is 56.0 Å². The summed E-state index contributed by atoms with van der Waals surface area (Å²) >= 11 is 0. The third kappa shape index (κ3) is 4.49. The van der Waals surface area contributed by atoms with Gasteiger partial charge in [0, 0.05) is 6.61 Å². The van der Waals surface area contributed by atoms with Crippen molar-refractivity contribution in [3.05, 3.63) is 35.4 Å². The van der Waals surface area contributed by atoms with Gasteiger partial charge < -0.3 is 9.84 Å². The lowest BCUT2D eigenvalue weighted by Crippen LogP contribution is -2.23. The summed E-state index contributed by atoms with van der Waals surface area (Å²) in [6, 6.07) is 7.38. The highest BCUT2D eigenvalue weighted by atomic mass is 16.6. The van der Waals surface area contributed by atoms with Crippen LogP contribution in [0.3, 0.4) is 0 Å². The van der Waals surface area contributed by atoms with E-state index >= 15 is 0 Å². The second-order valence-electron chi connectivity index (χ2n) is 5.54. The van der Waals surface area contributed by atoms with Crippen molar-refractivity contribution in [2.24, 2.45) is 0 Å². The fourth-order valence-electron chi connectivity index (χ4n) is 1.65. The number of ether oxygens (including phenoxy) is 1. The van der Waals surface area contributed by atoms with Crippen molar-refractivity contribution in [1.82, 2.24) is 0 Å². The zero-order valence-electron chi connectivity index (χ0n) is 11.6. The number of benzene rings is 1. The van der Waals surface area contributed by atoms with E-state index in [1.165, 1.54) is 0 Å². The monoisotopic (exact) mass is 250 g/mol. The Morgan fingerprint density at radius 2 is 1.83 bits per heavy atom. The van der Waals surface area contributed by atoms with E-state index < -0.39 is 5.60 Å². The summed E-state index contributed by atoms with van der Waals surface area (Å²) in [5.41, 5.74) is 1.21. The van der Waals surface area contributed by atoms with Gasteiger partial charge in [-0.05, 0) is 50.8 Å². The Morgan fingerprint density at radius 1 is 1.28 bits per heavy atom. The Labute approximate surface area is 109 Å². The van der Waals surface area contributed by atoms with Gasteiger partial charge in [-0.2, -0.15) is 0 Å². The van der Waals surface area contributed by atoms with Crippen LogP contribution in [0.5, 0.6) is 0 Å².